The molecule has 0 spiro atoms. The number of hydrogen-bond acceptors (Lipinski definition) is 5. The molecule has 0 aliphatic carbocycles. The zero-order valence-corrected chi connectivity index (χ0v) is 15.8. The van der Waals surface area contributed by atoms with Crippen molar-refractivity contribution in [1.29, 1.82) is 0 Å². The molecule has 0 saturated carbocycles. The third-order valence-corrected chi connectivity index (χ3v) is 4.88. The van der Waals surface area contributed by atoms with Crippen LogP contribution in [0.5, 0.6) is 11.5 Å². The summed E-state index contributed by atoms with van der Waals surface area (Å²) in [5.74, 6) is 1.41. The normalized spacial score (nSPS) is 10.7. The summed E-state index contributed by atoms with van der Waals surface area (Å²) in [5, 5.41) is 3.72. The highest BCUT2D eigenvalue weighted by atomic mass is 32.2. The van der Waals surface area contributed by atoms with Gasteiger partial charge in [-0.25, -0.2) is 4.98 Å². The molecule has 0 radical (unpaired) electrons. The van der Waals surface area contributed by atoms with Crippen LogP contribution in [-0.2, 0) is 11.3 Å². The molecule has 1 N–H and O–H groups in total. The van der Waals surface area contributed by atoms with E-state index in [0.717, 1.165) is 22.7 Å². The van der Waals surface area contributed by atoms with Crippen molar-refractivity contribution < 1.29 is 14.3 Å². The number of imidazole rings is 1. The van der Waals surface area contributed by atoms with Crippen LogP contribution in [0.4, 0.5) is 5.69 Å². The van der Waals surface area contributed by atoms with Crippen molar-refractivity contribution in [3.8, 4) is 11.5 Å². The summed E-state index contributed by atoms with van der Waals surface area (Å²) in [7, 11) is 3.15. The van der Waals surface area contributed by atoms with Crippen LogP contribution in [0.25, 0.3) is 11.0 Å². The van der Waals surface area contributed by atoms with E-state index in [9.17, 15) is 4.79 Å². The summed E-state index contributed by atoms with van der Waals surface area (Å²) in [4.78, 5) is 17.0. The lowest BCUT2D eigenvalue weighted by Gasteiger charge is -2.10. The zero-order chi connectivity index (χ0) is 18.5. The van der Waals surface area contributed by atoms with Gasteiger partial charge in [-0.2, -0.15) is 0 Å². The number of para-hydroxylation sites is 2. The summed E-state index contributed by atoms with van der Waals surface area (Å²) < 4.78 is 12.6. The van der Waals surface area contributed by atoms with Gasteiger partial charge in [0.05, 0.1) is 31.0 Å². The fourth-order valence-corrected chi connectivity index (χ4v) is 3.55. The number of fused-ring (bicyclic) bond motifs is 1. The Balaban J connectivity index is 1.70. The standard InChI is InChI=1S/C19H21N3O3S/c1-4-22-17-8-6-5-7-16(17)21-19(22)26-12-18(23)20-13-9-14(24-2)11-15(10-13)25-3/h5-11H,4,12H2,1-3H3,(H,20,23). The number of anilines is 1. The fraction of sp³-hybridized carbons (Fsp3) is 0.263. The van der Waals surface area contributed by atoms with Gasteiger partial charge in [-0.15, -0.1) is 0 Å². The van der Waals surface area contributed by atoms with E-state index in [1.807, 2.05) is 24.3 Å². The van der Waals surface area contributed by atoms with Crippen LogP contribution in [0.2, 0.25) is 0 Å². The van der Waals surface area contributed by atoms with Crippen LogP contribution in [0.1, 0.15) is 6.92 Å². The third-order valence-electron chi connectivity index (χ3n) is 3.90. The van der Waals surface area contributed by atoms with Crippen LogP contribution >= 0.6 is 11.8 Å². The van der Waals surface area contributed by atoms with E-state index in [1.54, 1.807) is 32.4 Å². The van der Waals surface area contributed by atoms with Crippen LogP contribution in [0.3, 0.4) is 0 Å². The second-order valence-electron chi connectivity index (χ2n) is 5.57. The lowest BCUT2D eigenvalue weighted by atomic mass is 10.2. The Morgan fingerprint density at radius 3 is 2.50 bits per heavy atom. The number of rotatable bonds is 7. The maximum atomic E-state index is 12.3. The number of aryl methyl sites for hydroxylation is 1. The van der Waals surface area contributed by atoms with Gasteiger partial charge < -0.3 is 19.4 Å². The van der Waals surface area contributed by atoms with E-state index >= 15 is 0 Å². The van der Waals surface area contributed by atoms with Crippen LogP contribution in [0, 0.1) is 0 Å². The second-order valence-corrected chi connectivity index (χ2v) is 6.51. The Kier molecular flexibility index (Phi) is 5.68. The van der Waals surface area contributed by atoms with Gasteiger partial charge in [0.1, 0.15) is 11.5 Å². The molecule has 2 aromatic carbocycles. The van der Waals surface area contributed by atoms with E-state index in [4.69, 9.17) is 9.47 Å². The number of amides is 1. The molecular weight excluding hydrogens is 350 g/mol. The quantitative estimate of drug-likeness (QED) is 0.640. The number of hydrogen-bond donors (Lipinski definition) is 1. The molecule has 0 bridgehead atoms. The summed E-state index contributed by atoms with van der Waals surface area (Å²) in [6, 6.07) is 13.2. The number of nitrogens with zero attached hydrogens (tertiary/aromatic N) is 2. The molecule has 0 saturated heterocycles. The molecule has 0 atom stereocenters. The average Bonchev–Trinajstić information content (AvgIpc) is 3.03. The van der Waals surface area contributed by atoms with Crippen molar-refractivity contribution in [2.24, 2.45) is 0 Å². The molecule has 0 fully saturated rings. The highest BCUT2D eigenvalue weighted by molar-refractivity contribution is 7.99. The molecular formula is C19H21N3O3S. The minimum atomic E-state index is -0.111. The first-order valence-electron chi connectivity index (χ1n) is 8.25. The molecule has 7 heteroatoms. The lowest BCUT2D eigenvalue weighted by Crippen LogP contribution is -2.14. The van der Waals surface area contributed by atoms with Gasteiger partial charge in [0, 0.05) is 30.4 Å². The molecule has 0 aliphatic rings. The Bertz CT molecular complexity index is 901. The predicted octanol–water partition coefficient (Wildman–Crippen LogP) is 3.80. The van der Waals surface area contributed by atoms with Crippen molar-refractivity contribution in [2.45, 2.75) is 18.6 Å². The number of ether oxygens (including phenoxy) is 2. The third kappa shape index (κ3) is 3.94. The maximum Gasteiger partial charge on any atom is 0.234 e. The predicted molar refractivity (Wildman–Crippen MR) is 104 cm³/mol. The smallest absolute Gasteiger partial charge is 0.234 e. The van der Waals surface area contributed by atoms with Crippen molar-refractivity contribution in [3.63, 3.8) is 0 Å². The van der Waals surface area contributed by atoms with Gasteiger partial charge in [-0.1, -0.05) is 23.9 Å². The number of thioether (sulfide) groups is 1. The van der Waals surface area contributed by atoms with E-state index in [1.165, 1.54) is 11.8 Å². The number of aromatic nitrogens is 2. The summed E-state index contributed by atoms with van der Waals surface area (Å²) in [5.41, 5.74) is 2.65. The molecule has 6 nitrogen and oxygen atoms in total. The molecule has 136 valence electrons. The van der Waals surface area contributed by atoms with Crippen molar-refractivity contribution in [3.05, 3.63) is 42.5 Å². The summed E-state index contributed by atoms with van der Waals surface area (Å²) in [6.45, 7) is 2.87. The highest BCUT2D eigenvalue weighted by Crippen LogP contribution is 2.27. The highest BCUT2D eigenvalue weighted by Gasteiger charge is 2.12. The van der Waals surface area contributed by atoms with Gasteiger partial charge in [0.2, 0.25) is 5.91 Å². The van der Waals surface area contributed by atoms with Crippen molar-refractivity contribution in [2.75, 3.05) is 25.3 Å². The largest absolute Gasteiger partial charge is 0.497 e. The van der Waals surface area contributed by atoms with Crippen molar-refractivity contribution >= 4 is 34.4 Å². The number of benzene rings is 2. The fourth-order valence-electron chi connectivity index (χ4n) is 2.68. The Labute approximate surface area is 156 Å². The molecule has 3 aromatic rings. The molecule has 1 amide bonds. The molecule has 0 aliphatic heterocycles. The van der Waals surface area contributed by atoms with E-state index in [2.05, 4.69) is 21.8 Å². The second kappa shape index (κ2) is 8.14. The monoisotopic (exact) mass is 371 g/mol. The Morgan fingerprint density at radius 1 is 1.15 bits per heavy atom. The minimum Gasteiger partial charge on any atom is -0.497 e. The zero-order valence-electron chi connectivity index (χ0n) is 15.0. The lowest BCUT2D eigenvalue weighted by molar-refractivity contribution is -0.113. The first-order valence-corrected chi connectivity index (χ1v) is 9.24. The number of methoxy groups -OCH3 is 2. The van der Waals surface area contributed by atoms with Gasteiger partial charge >= 0.3 is 0 Å². The maximum absolute atomic E-state index is 12.3. The number of carbonyl (C=O) groups excluding carboxylic acids is 1. The van der Waals surface area contributed by atoms with Gasteiger partial charge in [0.25, 0.3) is 0 Å². The van der Waals surface area contributed by atoms with Crippen LogP contribution in [0.15, 0.2) is 47.6 Å². The summed E-state index contributed by atoms with van der Waals surface area (Å²) in [6.07, 6.45) is 0. The van der Waals surface area contributed by atoms with E-state index in [0.29, 0.717) is 17.2 Å². The molecule has 3 rings (SSSR count). The van der Waals surface area contributed by atoms with E-state index in [-0.39, 0.29) is 11.7 Å². The average molecular weight is 371 g/mol. The van der Waals surface area contributed by atoms with Gasteiger partial charge in [0.15, 0.2) is 5.16 Å². The topological polar surface area (TPSA) is 65.4 Å². The van der Waals surface area contributed by atoms with Crippen LogP contribution < -0.4 is 14.8 Å². The van der Waals surface area contributed by atoms with Gasteiger partial charge in [-0.3, -0.25) is 4.79 Å². The summed E-state index contributed by atoms with van der Waals surface area (Å²) >= 11 is 1.42. The number of nitrogens with one attached hydrogen (secondary N) is 1. The molecule has 0 unspecified atom stereocenters. The Hall–Kier alpha value is -2.67. The number of carbonyl (C=O) groups is 1. The Morgan fingerprint density at radius 2 is 1.85 bits per heavy atom. The van der Waals surface area contributed by atoms with Crippen molar-refractivity contribution in [1.82, 2.24) is 9.55 Å². The van der Waals surface area contributed by atoms with E-state index < -0.39 is 0 Å². The molecule has 1 aromatic heterocycles. The molecule has 26 heavy (non-hydrogen) atoms. The van der Waals surface area contributed by atoms with Crippen LogP contribution in [-0.4, -0.2) is 35.4 Å². The first kappa shape index (κ1) is 18.1. The first-order chi connectivity index (χ1) is 12.6. The molecule has 1 heterocycles. The minimum absolute atomic E-state index is 0.111. The SMILES string of the molecule is CCn1c(SCC(=O)Nc2cc(OC)cc(OC)c2)nc2ccccc21. The van der Waals surface area contributed by atoms with Gasteiger partial charge in [-0.05, 0) is 19.1 Å².